The Labute approximate surface area is 224 Å². The van der Waals surface area contributed by atoms with E-state index in [0.29, 0.717) is 36.8 Å². The fraction of sp³-hybridized carbons (Fsp3) is 0.458. The molecule has 9 nitrogen and oxygen atoms in total. The summed E-state index contributed by atoms with van der Waals surface area (Å²) in [6, 6.07) is 5.27. The minimum atomic E-state index is -4.70. The molecule has 1 saturated heterocycles. The lowest BCUT2D eigenvalue weighted by molar-refractivity contribution is -0.137. The van der Waals surface area contributed by atoms with Crippen molar-refractivity contribution < 1.29 is 21.6 Å². The van der Waals surface area contributed by atoms with Crippen LogP contribution in [0.5, 0.6) is 0 Å². The summed E-state index contributed by atoms with van der Waals surface area (Å²) in [5.74, 6) is -0.0945. The number of benzene rings is 1. The van der Waals surface area contributed by atoms with E-state index in [4.69, 9.17) is 11.6 Å². The summed E-state index contributed by atoms with van der Waals surface area (Å²) in [6.07, 6.45) is 0.496. The van der Waals surface area contributed by atoms with E-state index in [-0.39, 0.29) is 29.3 Å². The van der Waals surface area contributed by atoms with Crippen molar-refractivity contribution in [3.63, 3.8) is 0 Å². The van der Waals surface area contributed by atoms with Crippen molar-refractivity contribution in [3.8, 4) is 17.1 Å². The van der Waals surface area contributed by atoms with E-state index in [9.17, 15) is 21.6 Å². The molecule has 3 heterocycles. The van der Waals surface area contributed by atoms with Crippen LogP contribution in [-0.4, -0.2) is 76.6 Å². The molecular formula is C24H29ClF3N7O2S. The second-order valence-electron chi connectivity index (χ2n) is 9.78. The van der Waals surface area contributed by atoms with Gasteiger partial charge >= 0.3 is 6.18 Å². The maximum absolute atomic E-state index is 13.9. The zero-order valence-corrected chi connectivity index (χ0v) is 22.9. The van der Waals surface area contributed by atoms with E-state index in [1.807, 2.05) is 32.0 Å². The van der Waals surface area contributed by atoms with Gasteiger partial charge in [0.05, 0.1) is 17.0 Å². The van der Waals surface area contributed by atoms with Crippen LogP contribution in [-0.2, 0) is 22.7 Å². The third kappa shape index (κ3) is 6.45. The van der Waals surface area contributed by atoms with E-state index in [1.165, 1.54) is 16.8 Å². The number of rotatable bonds is 7. The highest BCUT2D eigenvalue weighted by Crippen LogP contribution is 2.36. The van der Waals surface area contributed by atoms with E-state index in [0.717, 1.165) is 18.0 Å². The molecule has 1 aliphatic heterocycles. The highest BCUT2D eigenvalue weighted by atomic mass is 35.5. The second kappa shape index (κ2) is 10.8. The number of aromatic nitrogens is 4. The zero-order chi connectivity index (χ0) is 27.8. The first-order valence-corrected chi connectivity index (χ1v) is 14.1. The molecule has 1 N–H and O–H groups in total. The van der Waals surface area contributed by atoms with E-state index in [1.54, 1.807) is 16.7 Å². The number of anilines is 1. The Hall–Kier alpha value is -2.74. The van der Waals surface area contributed by atoms with Crippen molar-refractivity contribution >= 4 is 27.6 Å². The first-order valence-electron chi connectivity index (χ1n) is 11.9. The number of halogens is 4. The van der Waals surface area contributed by atoms with Crippen LogP contribution in [0, 0.1) is 5.92 Å². The molecule has 0 radical (unpaired) electrons. The summed E-state index contributed by atoms with van der Waals surface area (Å²) in [7, 11) is 0.549. The van der Waals surface area contributed by atoms with Gasteiger partial charge in [0, 0.05) is 38.1 Å². The maximum atomic E-state index is 13.9. The Balaban J connectivity index is 1.62. The number of piperidine rings is 1. The molecule has 0 amide bonds. The number of nitrogens with one attached hydrogen (secondary N) is 1. The minimum Gasteiger partial charge on any atom is -0.351 e. The fourth-order valence-electron chi connectivity index (χ4n) is 4.44. The molecular weight excluding hydrogens is 543 g/mol. The van der Waals surface area contributed by atoms with Crippen LogP contribution >= 0.6 is 11.6 Å². The zero-order valence-electron chi connectivity index (χ0n) is 21.4. The second-order valence-corrected chi connectivity index (χ2v) is 12.2. The Morgan fingerprint density at radius 3 is 2.58 bits per heavy atom. The molecule has 0 spiro atoms. The molecule has 2 atom stereocenters. The van der Waals surface area contributed by atoms with Gasteiger partial charge in [-0.15, -0.1) is 0 Å². The largest absolute Gasteiger partial charge is 0.420 e. The number of hydrogen-bond donors (Lipinski definition) is 1. The Bertz CT molecular complexity index is 1410. The van der Waals surface area contributed by atoms with Gasteiger partial charge in [-0.2, -0.15) is 13.2 Å². The lowest BCUT2D eigenvalue weighted by Crippen LogP contribution is -2.47. The van der Waals surface area contributed by atoms with Crippen molar-refractivity contribution in [1.29, 1.82) is 0 Å². The number of nitrogens with zero attached hydrogens (tertiary/aromatic N) is 6. The molecule has 2 aromatic heterocycles. The highest BCUT2D eigenvalue weighted by Gasteiger charge is 2.37. The summed E-state index contributed by atoms with van der Waals surface area (Å²) in [6.45, 7) is 3.15. The quantitative estimate of drug-likeness (QED) is 0.455. The Kier molecular flexibility index (Phi) is 8.03. The SMILES string of the molecule is C[C@@H]1CN(S(C)(=O)=O)CC[C@@H]1Nc1ncc(C(F)(F)F)c(-c2cn(-c3ccc(CN(C)C)cc3Cl)cn2)n1. The van der Waals surface area contributed by atoms with Gasteiger partial charge in [0.2, 0.25) is 16.0 Å². The van der Waals surface area contributed by atoms with Crippen LogP contribution in [0.1, 0.15) is 24.5 Å². The van der Waals surface area contributed by atoms with Crippen molar-refractivity contribution in [2.75, 3.05) is 38.8 Å². The van der Waals surface area contributed by atoms with E-state index < -0.39 is 21.8 Å². The van der Waals surface area contributed by atoms with Crippen molar-refractivity contribution in [2.24, 2.45) is 5.92 Å². The van der Waals surface area contributed by atoms with Crippen LogP contribution in [0.15, 0.2) is 36.9 Å². The van der Waals surface area contributed by atoms with Crippen LogP contribution in [0.3, 0.4) is 0 Å². The third-order valence-corrected chi connectivity index (χ3v) is 7.93. The average Bonchev–Trinajstić information content (AvgIpc) is 3.28. The van der Waals surface area contributed by atoms with Gasteiger partial charge < -0.3 is 14.8 Å². The molecule has 1 aliphatic rings. The molecule has 0 aliphatic carbocycles. The molecule has 0 unspecified atom stereocenters. The standard InChI is InChI=1S/C24H29ClF3N7O2S/c1-15-11-35(38(4,36)37)8-7-19(15)31-23-29-10-17(24(26,27)28)22(32-23)20-13-34(14-30-20)21-6-5-16(9-18(21)25)12-33(2)3/h5-6,9-10,13-15,19H,7-8,11-12H2,1-4H3,(H,29,31,32)/t15-,19+/m1/s1. The molecule has 0 saturated carbocycles. The first kappa shape index (κ1) is 28.3. The van der Waals surface area contributed by atoms with Gasteiger partial charge in [0.25, 0.3) is 0 Å². The van der Waals surface area contributed by atoms with Crippen molar-refractivity contribution in [3.05, 3.63) is 53.1 Å². The van der Waals surface area contributed by atoms with Gasteiger partial charge in [0.1, 0.15) is 23.3 Å². The molecule has 1 fully saturated rings. The first-order chi connectivity index (χ1) is 17.7. The lowest BCUT2D eigenvalue weighted by Gasteiger charge is -2.35. The highest BCUT2D eigenvalue weighted by molar-refractivity contribution is 7.88. The smallest absolute Gasteiger partial charge is 0.351 e. The molecule has 14 heteroatoms. The predicted molar refractivity (Wildman–Crippen MR) is 140 cm³/mol. The number of imidazole rings is 1. The average molecular weight is 572 g/mol. The van der Waals surface area contributed by atoms with Crippen LogP contribution < -0.4 is 5.32 Å². The summed E-state index contributed by atoms with van der Waals surface area (Å²) in [5.41, 5.74) is 0.194. The van der Waals surface area contributed by atoms with Gasteiger partial charge in [-0.25, -0.2) is 27.7 Å². The van der Waals surface area contributed by atoms with Crippen LogP contribution in [0.2, 0.25) is 5.02 Å². The van der Waals surface area contributed by atoms with Crippen LogP contribution in [0.25, 0.3) is 17.1 Å². The molecule has 3 aromatic rings. The number of sulfonamides is 1. The molecule has 206 valence electrons. The number of alkyl halides is 3. The monoisotopic (exact) mass is 571 g/mol. The van der Waals surface area contributed by atoms with Gasteiger partial charge in [-0.05, 0) is 44.1 Å². The van der Waals surface area contributed by atoms with Gasteiger partial charge in [0.15, 0.2) is 0 Å². The van der Waals surface area contributed by atoms with Gasteiger partial charge in [-0.1, -0.05) is 24.6 Å². The summed E-state index contributed by atoms with van der Waals surface area (Å²) < 4.78 is 68.3. The molecule has 0 bridgehead atoms. The lowest BCUT2D eigenvalue weighted by atomic mass is 9.95. The maximum Gasteiger partial charge on any atom is 0.420 e. The van der Waals surface area contributed by atoms with Crippen molar-refractivity contribution in [1.82, 2.24) is 28.7 Å². The predicted octanol–water partition coefficient (Wildman–Crippen LogP) is 4.15. The summed E-state index contributed by atoms with van der Waals surface area (Å²) in [4.78, 5) is 14.3. The van der Waals surface area contributed by atoms with E-state index >= 15 is 0 Å². The molecule has 38 heavy (non-hydrogen) atoms. The minimum absolute atomic E-state index is 0.0103. The normalized spacial score (nSPS) is 19.2. The molecule has 4 rings (SSSR count). The van der Waals surface area contributed by atoms with E-state index in [2.05, 4.69) is 20.3 Å². The summed E-state index contributed by atoms with van der Waals surface area (Å²) >= 11 is 6.47. The Morgan fingerprint density at radius 2 is 1.97 bits per heavy atom. The molecule has 1 aromatic carbocycles. The van der Waals surface area contributed by atoms with Gasteiger partial charge in [-0.3, -0.25) is 0 Å². The fourth-order valence-corrected chi connectivity index (χ4v) is 5.69. The number of hydrogen-bond acceptors (Lipinski definition) is 7. The van der Waals surface area contributed by atoms with Crippen LogP contribution in [0.4, 0.5) is 19.1 Å². The third-order valence-electron chi connectivity index (χ3n) is 6.36. The Morgan fingerprint density at radius 1 is 1.24 bits per heavy atom. The summed E-state index contributed by atoms with van der Waals surface area (Å²) in [5, 5.41) is 3.52. The van der Waals surface area contributed by atoms with Crippen molar-refractivity contribution in [2.45, 2.75) is 32.1 Å². The topological polar surface area (TPSA) is 96.2 Å².